The van der Waals surface area contributed by atoms with Gasteiger partial charge in [0.15, 0.2) is 5.76 Å². The first kappa shape index (κ1) is 16.0. The van der Waals surface area contributed by atoms with Crippen molar-refractivity contribution in [2.75, 3.05) is 20.7 Å². The molecule has 1 heterocycles. The molecule has 1 aromatic carbocycles. The highest BCUT2D eigenvalue weighted by atomic mass is 19.1. The summed E-state index contributed by atoms with van der Waals surface area (Å²) in [5.41, 5.74) is 1.00. The Balaban J connectivity index is 2.20. The number of carbonyl (C=O) groups excluding carboxylic acids is 2. The normalized spacial score (nSPS) is 14.7. The number of hydroxylamine groups is 2. The van der Waals surface area contributed by atoms with E-state index in [1.54, 1.807) is 19.1 Å². The average molecular weight is 308 g/mol. The van der Waals surface area contributed by atoms with Crippen LogP contribution in [0.5, 0.6) is 0 Å². The van der Waals surface area contributed by atoms with Crippen LogP contribution in [0.3, 0.4) is 0 Å². The lowest BCUT2D eigenvalue weighted by Gasteiger charge is -2.20. The van der Waals surface area contributed by atoms with Gasteiger partial charge in [-0.25, -0.2) is 9.45 Å². The number of hydrogen-bond acceptors (Lipinski definition) is 4. The van der Waals surface area contributed by atoms with E-state index in [0.717, 1.165) is 5.06 Å². The Kier molecular flexibility index (Phi) is 4.46. The molecular weight excluding hydrogens is 291 g/mol. The molecule has 0 unspecified atom stereocenters. The van der Waals surface area contributed by atoms with Gasteiger partial charge in [0.05, 0.1) is 25.8 Å². The number of rotatable bonds is 4. The van der Waals surface area contributed by atoms with E-state index in [0.29, 0.717) is 11.1 Å². The first-order valence-corrected chi connectivity index (χ1v) is 6.63. The minimum atomic E-state index is -0.626. The Morgan fingerprint density at radius 2 is 2.18 bits per heavy atom. The van der Waals surface area contributed by atoms with Crippen LogP contribution in [-0.2, 0) is 21.0 Å². The van der Waals surface area contributed by atoms with Gasteiger partial charge >= 0.3 is 0 Å². The number of likely N-dealkylation sites (N-methyl/N-ethyl adjacent to an activating group) is 1. The Labute approximate surface area is 127 Å². The third kappa shape index (κ3) is 2.94. The summed E-state index contributed by atoms with van der Waals surface area (Å²) in [5.74, 6) is -2.19. The average Bonchev–Trinajstić information content (AvgIpc) is 2.75. The summed E-state index contributed by atoms with van der Waals surface area (Å²) in [6, 6.07) is 4.60. The van der Waals surface area contributed by atoms with Crippen molar-refractivity contribution in [3.05, 3.63) is 46.5 Å². The zero-order chi connectivity index (χ0) is 16.4. The van der Waals surface area contributed by atoms with Gasteiger partial charge in [0.1, 0.15) is 5.82 Å². The molecule has 0 saturated heterocycles. The minimum Gasteiger partial charge on any atom is -0.503 e. The number of aryl methyl sites for hydroxylation is 1. The quantitative estimate of drug-likeness (QED) is 0.851. The molecule has 22 heavy (non-hydrogen) atoms. The monoisotopic (exact) mass is 308 g/mol. The molecular formula is C15H17FN2O4. The van der Waals surface area contributed by atoms with E-state index in [-0.39, 0.29) is 24.5 Å². The van der Waals surface area contributed by atoms with Crippen molar-refractivity contribution >= 4 is 11.8 Å². The topological polar surface area (TPSA) is 70.1 Å². The van der Waals surface area contributed by atoms with Crippen molar-refractivity contribution < 1.29 is 23.9 Å². The number of nitrogens with zero attached hydrogens (tertiary/aromatic N) is 2. The van der Waals surface area contributed by atoms with Gasteiger partial charge in [-0.2, -0.15) is 0 Å². The lowest BCUT2D eigenvalue weighted by atomic mass is 10.1. The second-order valence-corrected chi connectivity index (χ2v) is 5.10. The minimum absolute atomic E-state index is 0.00121. The highest BCUT2D eigenvalue weighted by Crippen LogP contribution is 2.19. The van der Waals surface area contributed by atoms with E-state index in [2.05, 4.69) is 0 Å². The molecule has 6 nitrogen and oxygen atoms in total. The smallest absolute Gasteiger partial charge is 0.289 e. The van der Waals surface area contributed by atoms with Gasteiger partial charge in [-0.3, -0.25) is 14.4 Å². The Hall–Kier alpha value is -2.41. The molecule has 0 aromatic heterocycles. The van der Waals surface area contributed by atoms with E-state index >= 15 is 0 Å². The van der Waals surface area contributed by atoms with Crippen LogP contribution >= 0.6 is 0 Å². The fourth-order valence-electron chi connectivity index (χ4n) is 2.13. The van der Waals surface area contributed by atoms with Gasteiger partial charge < -0.3 is 10.0 Å². The van der Waals surface area contributed by atoms with Crippen LogP contribution < -0.4 is 0 Å². The lowest BCUT2D eigenvalue weighted by Crippen LogP contribution is -2.32. The van der Waals surface area contributed by atoms with E-state index < -0.39 is 17.6 Å². The summed E-state index contributed by atoms with van der Waals surface area (Å²) in [4.78, 5) is 30.1. The van der Waals surface area contributed by atoms with Gasteiger partial charge in [0.25, 0.3) is 11.8 Å². The van der Waals surface area contributed by atoms with Crippen molar-refractivity contribution in [3.63, 3.8) is 0 Å². The van der Waals surface area contributed by atoms with Crippen LogP contribution in [-0.4, -0.2) is 47.6 Å². The molecule has 0 bridgehead atoms. The SMILES string of the molecule is CON(Cc1ccc(C)c(F)c1)C(=O)C1=C(O)C(=O)N(C)C1. The van der Waals surface area contributed by atoms with Crippen molar-refractivity contribution in [1.29, 1.82) is 0 Å². The number of aliphatic hydroxyl groups is 1. The van der Waals surface area contributed by atoms with Gasteiger partial charge in [0.2, 0.25) is 0 Å². The first-order valence-electron chi connectivity index (χ1n) is 6.63. The Bertz CT molecular complexity index is 657. The summed E-state index contributed by atoms with van der Waals surface area (Å²) in [6.07, 6.45) is 0. The van der Waals surface area contributed by atoms with Crippen LogP contribution in [0.2, 0.25) is 0 Å². The predicted molar refractivity (Wildman–Crippen MR) is 76.0 cm³/mol. The van der Waals surface area contributed by atoms with E-state index in [9.17, 15) is 19.1 Å². The lowest BCUT2D eigenvalue weighted by molar-refractivity contribution is -0.174. The molecule has 118 valence electrons. The molecule has 0 spiro atoms. The van der Waals surface area contributed by atoms with Crippen molar-refractivity contribution in [2.24, 2.45) is 0 Å². The maximum Gasteiger partial charge on any atom is 0.289 e. The fourth-order valence-corrected chi connectivity index (χ4v) is 2.13. The molecule has 0 aliphatic carbocycles. The van der Waals surface area contributed by atoms with E-state index in [4.69, 9.17) is 4.84 Å². The van der Waals surface area contributed by atoms with Gasteiger partial charge in [-0.15, -0.1) is 0 Å². The van der Waals surface area contributed by atoms with Crippen molar-refractivity contribution in [2.45, 2.75) is 13.5 Å². The van der Waals surface area contributed by atoms with E-state index in [1.165, 1.54) is 25.1 Å². The Morgan fingerprint density at radius 3 is 2.68 bits per heavy atom. The van der Waals surface area contributed by atoms with Crippen LogP contribution in [0.15, 0.2) is 29.5 Å². The number of aliphatic hydroxyl groups excluding tert-OH is 1. The number of hydrogen-bond donors (Lipinski definition) is 1. The zero-order valence-corrected chi connectivity index (χ0v) is 12.6. The third-order valence-electron chi connectivity index (χ3n) is 3.50. The summed E-state index contributed by atoms with van der Waals surface area (Å²) >= 11 is 0. The standard InChI is InChI=1S/C15H17FN2O4/c1-9-4-5-10(6-12(9)16)7-18(22-3)14(20)11-8-17(2)15(21)13(11)19/h4-6,19H,7-8H2,1-3H3. The molecule has 0 atom stereocenters. The molecule has 0 radical (unpaired) electrons. The predicted octanol–water partition coefficient (Wildman–Crippen LogP) is 1.31. The fraction of sp³-hybridized carbons (Fsp3) is 0.333. The number of halogens is 1. The van der Waals surface area contributed by atoms with Gasteiger partial charge in [0, 0.05) is 7.05 Å². The highest BCUT2D eigenvalue weighted by Gasteiger charge is 2.34. The van der Waals surface area contributed by atoms with Crippen LogP contribution in [0, 0.1) is 12.7 Å². The first-order chi connectivity index (χ1) is 10.3. The van der Waals surface area contributed by atoms with Crippen molar-refractivity contribution in [3.8, 4) is 0 Å². The molecule has 1 aliphatic heterocycles. The molecule has 2 rings (SSSR count). The third-order valence-corrected chi connectivity index (χ3v) is 3.50. The second-order valence-electron chi connectivity index (χ2n) is 5.10. The Morgan fingerprint density at radius 1 is 1.50 bits per heavy atom. The molecule has 2 amide bonds. The summed E-state index contributed by atoms with van der Waals surface area (Å²) < 4.78 is 13.6. The van der Waals surface area contributed by atoms with Crippen molar-refractivity contribution in [1.82, 2.24) is 9.96 Å². The number of amides is 2. The van der Waals surface area contributed by atoms with E-state index in [1.807, 2.05) is 0 Å². The molecule has 0 saturated carbocycles. The molecule has 1 aliphatic rings. The summed E-state index contributed by atoms with van der Waals surface area (Å²) in [7, 11) is 2.77. The highest BCUT2D eigenvalue weighted by molar-refractivity contribution is 6.06. The summed E-state index contributed by atoms with van der Waals surface area (Å²) in [5, 5.41) is 10.7. The molecule has 1 aromatic rings. The second kappa shape index (κ2) is 6.15. The zero-order valence-electron chi connectivity index (χ0n) is 12.6. The maximum absolute atomic E-state index is 13.6. The molecule has 7 heteroatoms. The maximum atomic E-state index is 13.6. The van der Waals surface area contributed by atoms with Gasteiger partial charge in [-0.1, -0.05) is 12.1 Å². The van der Waals surface area contributed by atoms with Crippen LogP contribution in [0.4, 0.5) is 4.39 Å². The molecule has 0 fully saturated rings. The largest absolute Gasteiger partial charge is 0.503 e. The summed E-state index contributed by atoms with van der Waals surface area (Å²) in [6.45, 7) is 1.65. The number of benzene rings is 1. The number of carbonyl (C=O) groups is 2. The van der Waals surface area contributed by atoms with Crippen LogP contribution in [0.25, 0.3) is 0 Å². The van der Waals surface area contributed by atoms with Crippen LogP contribution in [0.1, 0.15) is 11.1 Å². The van der Waals surface area contributed by atoms with Gasteiger partial charge in [-0.05, 0) is 24.1 Å². The molecule has 1 N–H and O–H groups in total.